The second-order valence-electron chi connectivity index (χ2n) is 4.49. The first-order valence-corrected chi connectivity index (χ1v) is 7.57. The molecule has 104 valence electrons. The number of nitrogens with two attached hydrogens (primary N) is 1. The molecule has 9 heteroatoms. The number of aromatic nitrogens is 1. The molecule has 1 atom stereocenters. The van der Waals surface area contributed by atoms with E-state index in [2.05, 4.69) is 10.3 Å². The molecule has 2 rings (SSSR count). The van der Waals surface area contributed by atoms with Crippen molar-refractivity contribution in [2.45, 2.75) is 18.9 Å². The Morgan fingerprint density at radius 3 is 2.84 bits per heavy atom. The van der Waals surface area contributed by atoms with Crippen LogP contribution >= 0.6 is 0 Å². The highest BCUT2D eigenvalue weighted by Gasteiger charge is 2.25. The summed E-state index contributed by atoms with van der Waals surface area (Å²) in [4.78, 5) is 14.1. The Morgan fingerprint density at radius 1 is 1.47 bits per heavy atom. The molecule has 0 spiro atoms. The highest BCUT2D eigenvalue weighted by molar-refractivity contribution is 7.91. The summed E-state index contributed by atoms with van der Waals surface area (Å²) in [6.45, 7) is 0. The minimum Gasteiger partial charge on any atom is -0.383 e. The van der Waals surface area contributed by atoms with Gasteiger partial charge in [0.2, 0.25) is 0 Å². The molecule has 0 radical (unpaired) electrons. The van der Waals surface area contributed by atoms with E-state index in [4.69, 9.17) is 5.73 Å². The Hall–Kier alpha value is -1.90. The topological polar surface area (TPSA) is 128 Å². The molecule has 3 N–H and O–H groups in total. The fourth-order valence-electron chi connectivity index (χ4n) is 2.06. The first kappa shape index (κ1) is 13.5. The van der Waals surface area contributed by atoms with Crippen LogP contribution in [0.2, 0.25) is 0 Å². The predicted octanol–water partition coefficient (Wildman–Crippen LogP) is 0.561. The van der Waals surface area contributed by atoms with Crippen LogP contribution in [0.25, 0.3) is 0 Å². The van der Waals surface area contributed by atoms with Crippen LogP contribution in [0.3, 0.4) is 0 Å². The van der Waals surface area contributed by atoms with Crippen molar-refractivity contribution < 1.29 is 13.3 Å². The molecule has 0 aromatic carbocycles. The second kappa shape index (κ2) is 5.00. The zero-order valence-corrected chi connectivity index (χ0v) is 10.9. The summed E-state index contributed by atoms with van der Waals surface area (Å²) in [6, 6.07) is 2.12. The molecular formula is C10H14N4O4S. The van der Waals surface area contributed by atoms with Crippen LogP contribution in [0.15, 0.2) is 12.1 Å². The maximum Gasteiger partial charge on any atom is 0.276 e. The molecule has 0 aliphatic carbocycles. The summed E-state index contributed by atoms with van der Waals surface area (Å²) in [6.07, 6.45) is 1.26. The van der Waals surface area contributed by atoms with Crippen LogP contribution in [-0.2, 0) is 9.84 Å². The van der Waals surface area contributed by atoms with E-state index >= 15 is 0 Å². The van der Waals surface area contributed by atoms with E-state index in [1.54, 1.807) is 0 Å². The summed E-state index contributed by atoms with van der Waals surface area (Å²) in [5.41, 5.74) is 5.31. The maximum atomic E-state index is 11.5. The lowest BCUT2D eigenvalue weighted by Gasteiger charge is -2.23. The summed E-state index contributed by atoms with van der Waals surface area (Å²) < 4.78 is 23.0. The van der Waals surface area contributed by atoms with Gasteiger partial charge in [0.05, 0.1) is 28.6 Å². The third-order valence-corrected chi connectivity index (χ3v) is 4.68. The molecule has 0 saturated carbocycles. The fourth-order valence-corrected chi connectivity index (χ4v) is 3.70. The van der Waals surface area contributed by atoms with E-state index in [0.29, 0.717) is 12.8 Å². The van der Waals surface area contributed by atoms with Gasteiger partial charge in [-0.05, 0) is 12.8 Å². The monoisotopic (exact) mass is 286 g/mol. The lowest BCUT2D eigenvalue weighted by Crippen LogP contribution is -2.35. The molecule has 1 saturated heterocycles. The highest BCUT2D eigenvalue weighted by Crippen LogP contribution is 2.21. The van der Waals surface area contributed by atoms with Crippen molar-refractivity contribution in [3.8, 4) is 0 Å². The summed E-state index contributed by atoms with van der Waals surface area (Å²) >= 11 is 0. The van der Waals surface area contributed by atoms with Crippen LogP contribution in [0, 0.1) is 10.1 Å². The van der Waals surface area contributed by atoms with Crippen molar-refractivity contribution in [3.63, 3.8) is 0 Å². The third-order valence-electron chi connectivity index (χ3n) is 2.86. The van der Waals surface area contributed by atoms with Crippen molar-refractivity contribution in [1.82, 2.24) is 4.98 Å². The Kier molecular flexibility index (Phi) is 3.56. The Balaban J connectivity index is 2.17. The molecule has 1 aromatic rings. The third kappa shape index (κ3) is 3.53. The van der Waals surface area contributed by atoms with Crippen LogP contribution < -0.4 is 11.1 Å². The highest BCUT2D eigenvalue weighted by atomic mass is 32.2. The molecule has 19 heavy (non-hydrogen) atoms. The first-order valence-electron chi connectivity index (χ1n) is 5.75. The number of anilines is 2. The Morgan fingerprint density at radius 2 is 2.21 bits per heavy atom. The molecule has 1 aliphatic rings. The second-order valence-corrected chi connectivity index (χ2v) is 6.72. The van der Waals surface area contributed by atoms with E-state index in [1.807, 2.05) is 0 Å². The molecule has 8 nitrogen and oxygen atoms in total. The fraction of sp³-hybridized carbons (Fsp3) is 0.500. The number of sulfone groups is 1. The molecule has 0 amide bonds. The zero-order chi connectivity index (χ0) is 14.0. The largest absolute Gasteiger partial charge is 0.383 e. The van der Waals surface area contributed by atoms with E-state index < -0.39 is 14.8 Å². The number of hydrogen-bond donors (Lipinski definition) is 2. The van der Waals surface area contributed by atoms with Crippen LogP contribution in [0.4, 0.5) is 17.3 Å². The van der Waals surface area contributed by atoms with E-state index in [-0.39, 0.29) is 34.9 Å². The van der Waals surface area contributed by atoms with Gasteiger partial charge in [0, 0.05) is 6.04 Å². The number of nitrogens with zero attached hydrogens (tertiary/aromatic N) is 2. The number of nitro groups is 1. The number of nitrogens with one attached hydrogen (secondary N) is 1. The Bertz CT molecular complexity index is 602. The lowest BCUT2D eigenvalue weighted by molar-refractivity contribution is -0.384. The minimum atomic E-state index is -3.04. The predicted molar refractivity (Wildman–Crippen MR) is 70.6 cm³/mol. The van der Waals surface area contributed by atoms with Gasteiger partial charge in [-0.3, -0.25) is 10.1 Å². The lowest BCUT2D eigenvalue weighted by atomic mass is 10.2. The number of hydrogen-bond acceptors (Lipinski definition) is 7. The number of nitrogen functional groups attached to an aromatic ring is 1. The number of pyridine rings is 1. The van der Waals surface area contributed by atoms with Crippen molar-refractivity contribution in [1.29, 1.82) is 0 Å². The van der Waals surface area contributed by atoms with E-state index in [1.165, 1.54) is 6.07 Å². The van der Waals surface area contributed by atoms with Crippen molar-refractivity contribution >= 4 is 27.2 Å². The summed E-state index contributed by atoms with van der Waals surface area (Å²) in [5.74, 6) is 0.455. The van der Waals surface area contributed by atoms with E-state index in [9.17, 15) is 18.5 Å². The minimum absolute atomic E-state index is 0.0112. The summed E-state index contributed by atoms with van der Waals surface area (Å²) in [7, 11) is -3.04. The standard InChI is InChI=1S/C10H14N4O4S/c11-9-4-8(14(15)16)5-10(13-9)12-7-2-1-3-19(17,18)6-7/h4-5,7H,1-3,6H2,(H3,11,12,13). The molecule has 1 fully saturated rings. The van der Waals surface area contributed by atoms with Gasteiger partial charge in [-0.2, -0.15) is 0 Å². The van der Waals surface area contributed by atoms with Gasteiger partial charge in [0.1, 0.15) is 11.6 Å². The first-order chi connectivity index (χ1) is 8.85. The van der Waals surface area contributed by atoms with Crippen molar-refractivity contribution in [2.24, 2.45) is 0 Å². The van der Waals surface area contributed by atoms with Crippen LogP contribution in [-0.4, -0.2) is 35.9 Å². The SMILES string of the molecule is Nc1cc([N+](=O)[O-])cc(NC2CCCS(=O)(=O)C2)n1. The van der Waals surface area contributed by atoms with Gasteiger partial charge >= 0.3 is 0 Å². The van der Waals surface area contributed by atoms with Crippen molar-refractivity contribution in [3.05, 3.63) is 22.2 Å². The average Bonchev–Trinajstić information content (AvgIpc) is 2.26. The molecular weight excluding hydrogens is 272 g/mol. The normalized spacial score (nSPS) is 21.8. The van der Waals surface area contributed by atoms with E-state index in [0.717, 1.165) is 6.07 Å². The summed E-state index contributed by atoms with van der Waals surface area (Å²) in [5, 5.41) is 13.6. The quantitative estimate of drug-likeness (QED) is 0.613. The molecule has 0 bridgehead atoms. The van der Waals surface area contributed by atoms with Gasteiger partial charge in [-0.1, -0.05) is 0 Å². The smallest absolute Gasteiger partial charge is 0.276 e. The molecule has 2 heterocycles. The van der Waals surface area contributed by atoms with Gasteiger partial charge < -0.3 is 11.1 Å². The number of rotatable bonds is 3. The van der Waals surface area contributed by atoms with Crippen LogP contribution in [0.1, 0.15) is 12.8 Å². The molecule has 1 unspecified atom stereocenters. The van der Waals surface area contributed by atoms with Gasteiger partial charge in [-0.25, -0.2) is 13.4 Å². The molecule has 1 aliphatic heterocycles. The molecule has 1 aromatic heterocycles. The van der Waals surface area contributed by atoms with Crippen LogP contribution in [0.5, 0.6) is 0 Å². The zero-order valence-electron chi connectivity index (χ0n) is 10.1. The van der Waals surface area contributed by atoms with Crippen molar-refractivity contribution in [2.75, 3.05) is 22.6 Å². The van der Waals surface area contributed by atoms with Gasteiger partial charge in [0.15, 0.2) is 9.84 Å². The Labute approximate surface area is 110 Å². The average molecular weight is 286 g/mol. The van der Waals surface area contributed by atoms with Gasteiger partial charge in [-0.15, -0.1) is 0 Å². The maximum absolute atomic E-state index is 11.5. The van der Waals surface area contributed by atoms with Gasteiger partial charge in [0.25, 0.3) is 5.69 Å².